The van der Waals surface area contributed by atoms with Crippen molar-refractivity contribution < 1.29 is 22.5 Å². The monoisotopic (exact) mass is 544 g/mol. The molecule has 12 heteroatoms. The average Bonchev–Trinajstić information content (AvgIpc) is 3.39. The molecular weight excluding hydrogens is 502 g/mol. The van der Waals surface area contributed by atoms with Crippen LogP contribution in [0.3, 0.4) is 0 Å². The van der Waals surface area contributed by atoms with E-state index >= 15 is 0 Å². The molecule has 1 aromatic carbocycles. The van der Waals surface area contributed by atoms with Crippen molar-refractivity contribution in [3.8, 4) is 0 Å². The van der Waals surface area contributed by atoms with Crippen molar-refractivity contribution in [3.05, 3.63) is 59.9 Å². The number of nitrogens with one attached hydrogen (secondary N) is 1. The van der Waals surface area contributed by atoms with E-state index in [1.807, 2.05) is 12.1 Å². The standard InChI is InChI=1S/C26H41N9O2S/c27-11-1-3-13-31-17-24-19-35(15-9-22-5-7-23(8-6-22)29-38(36)37)16-10-26(33(24)21-31)34-25(20-35)18-32(30-34)14-4-2-12-28/h5-8,17-18,21,26,29H,1-4,9-16,19-20,27-28H2/q+2/p+1. The van der Waals surface area contributed by atoms with Gasteiger partial charge in [-0.1, -0.05) is 16.8 Å². The number of anilines is 1. The maximum Gasteiger partial charge on any atom is 0.270 e. The van der Waals surface area contributed by atoms with Crippen molar-refractivity contribution in [2.45, 2.75) is 70.9 Å². The van der Waals surface area contributed by atoms with Crippen LogP contribution in [0.25, 0.3) is 0 Å². The second-order valence-corrected chi connectivity index (χ2v) is 11.5. The van der Waals surface area contributed by atoms with Crippen LogP contribution in [-0.2, 0) is 43.9 Å². The number of fused-ring (bicyclic) bond motifs is 7. The van der Waals surface area contributed by atoms with Crippen LogP contribution in [0, 0.1) is 0 Å². The third kappa shape index (κ3) is 6.15. The van der Waals surface area contributed by atoms with E-state index in [1.165, 1.54) is 17.0 Å². The van der Waals surface area contributed by atoms with Crippen molar-refractivity contribution in [3.63, 3.8) is 0 Å². The van der Waals surface area contributed by atoms with Gasteiger partial charge in [0, 0.05) is 12.1 Å². The molecule has 3 unspecified atom stereocenters. The normalized spacial score (nSPS) is 21.0. The zero-order valence-corrected chi connectivity index (χ0v) is 22.9. The summed E-state index contributed by atoms with van der Waals surface area (Å²) in [6.07, 6.45) is 13.2. The van der Waals surface area contributed by atoms with Gasteiger partial charge in [-0.2, -0.15) is 4.57 Å². The molecule has 2 aromatic heterocycles. The molecule has 4 heterocycles. The minimum absolute atomic E-state index is 0.179. The number of nitrogens with zero attached hydrogens (tertiary/aromatic N) is 6. The van der Waals surface area contributed by atoms with Gasteiger partial charge in [-0.25, -0.2) is 8.78 Å². The number of nitrogens with two attached hydrogens (primary N) is 2. The summed E-state index contributed by atoms with van der Waals surface area (Å²) < 4.78 is 32.8. The maximum atomic E-state index is 11.1. The van der Waals surface area contributed by atoms with E-state index in [-0.39, 0.29) is 6.17 Å². The first kappa shape index (κ1) is 26.9. The van der Waals surface area contributed by atoms with Crippen molar-refractivity contribution in [2.75, 3.05) is 30.9 Å². The first-order valence-corrected chi connectivity index (χ1v) is 14.9. The van der Waals surface area contributed by atoms with Crippen LogP contribution in [0.5, 0.6) is 0 Å². The fourth-order valence-corrected chi connectivity index (χ4v) is 6.29. The molecule has 38 heavy (non-hydrogen) atoms. The number of quaternary nitrogens is 1. The lowest BCUT2D eigenvalue weighted by Gasteiger charge is -2.35. The van der Waals surface area contributed by atoms with Gasteiger partial charge in [-0.3, -0.25) is 9.27 Å². The van der Waals surface area contributed by atoms with Gasteiger partial charge in [-0.05, 0) is 56.5 Å². The molecule has 2 bridgehead atoms. The summed E-state index contributed by atoms with van der Waals surface area (Å²) in [5.41, 5.74) is 16.0. The number of aromatic nitrogens is 5. The summed E-state index contributed by atoms with van der Waals surface area (Å²) in [5, 5.41) is 5.05. The van der Waals surface area contributed by atoms with Crippen LogP contribution in [0.1, 0.15) is 55.2 Å². The molecule has 0 fully saturated rings. The topological polar surface area (TPSA) is 132 Å². The summed E-state index contributed by atoms with van der Waals surface area (Å²) in [4.78, 5) is 0. The minimum atomic E-state index is -2.06. The van der Waals surface area contributed by atoms with Crippen LogP contribution in [-0.4, -0.2) is 53.9 Å². The molecule has 0 spiro atoms. The number of hydrogen-bond acceptors (Lipinski definition) is 4. The molecule has 0 saturated heterocycles. The molecule has 6 N–H and O–H groups in total. The van der Waals surface area contributed by atoms with E-state index in [2.05, 4.69) is 54.1 Å². The number of unbranched alkanes of at least 4 members (excludes halogenated alkanes) is 2. The van der Waals surface area contributed by atoms with E-state index in [0.29, 0.717) is 12.2 Å². The second kappa shape index (κ2) is 12.0. The first-order chi connectivity index (χ1) is 18.5. The van der Waals surface area contributed by atoms with Gasteiger partial charge >= 0.3 is 0 Å². The SMILES string of the molecule is NCCCC[n+]1cc2n(c1)C1CC[N+](CCc3ccc(NS(=O)O)cc3)(C2)Cc2c[n+](CCCCN)nn21. The van der Waals surface area contributed by atoms with Gasteiger partial charge in [0.05, 0.1) is 31.3 Å². The summed E-state index contributed by atoms with van der Waals surface area (Å²) in [6.45, 7) is 7.36. The van der Waals surface area contributed by atoms with Crippen molar-refractivity contribution in [1.82, 2.24) is 14.5 Å². The molecule has 3 atom stereocenters. The summed E-state index contributed by atoms with van der Waals surface area (Å²) in [6, 6.07) is 7.85. The Morgan fingerprint density at radius 1 is 1.05 bits per heavy atom. The van der Waals surface area contributed by atoms with Crippen molar-refractivity contribution >= 4 is 17.0 Å². The van der Waals surface area contributed by atoms with E-state index in [0.717, 1.165) is 88.8 Å². The summed E-state index contributed by atoms with van der Waals surface area (Å²) >= 11 is -2.06. The van der Waals surface area contributed by atoms with Gasteiger partial charge in [0.15, 0.2) is 6.20 Å². The number of rotatable bonds is 13. The molecule has 2 aliphatic heterocycles. The average molecular weight is 545 g/mol. The minimum Gasteiger partial charge on any atom is -0.330 e. The van der Waals surface area contributed by atoms with E-state index < -0.39 is 11.3 Å². The lowest BCUT2D eigenvalue weighted by molar-refractivity contribution is -0.953. The van der Waals surface area contributed by atoms with Crippen LogP contribution >= 0.6 is 0 Å². The van der Waals surface area contributed by atoms with Gasteiger partial charge in [0.25, 0.3) is 17.4 Å². The molecular formula is C26H42N9O2S+3. The third-order valence-corrected chi connectivity index (χ3v) is 8.34. The predicted octanol–water partition coefficient (Wildman–Crippen LogP) is 0.810. The van der Waals surface area contributed by atoms with Crippen LogP contribution in [0.15, 0.2) is 43.0 Å². The fourth-order valence-electron chi connectivity index (χ4n) is 5.95. The first-order valence-electron chi connectivity index (χ1n) is 13.8. The highest BCUT2D eigenvalue weighted by Gasteiger charge is 2.47. The lowest BCUT2D eigenvalue weighted by atomic mass is 10.1. The molecule has 0 aliphatic carbocycles. The smallest absolute Gasteiger partial charge is 0.270 e. The Labute approximate surface area is 227 Å². The van der Waals surface area contributed by atoms with Gasteiger partial charge < -0.3 is 16.0 Å². The highest BCUT2D eigenvalue weighted by Crippen LogP contribution is 2.33. The second-order valence-electron chi connectivity index (χ2n) is 10.8. The molecule has 0 saturated carbocycles. The van der Waals surface area contributed by atoms with Crippen LogP contribution in [0.2, 0.25) is 0 Å². The lowest BCUT2D eigenvalue weighted by Crippen LogP contribution is -2.48. The molecule has 206 valence electrons. The number of hydrogen-bond donors (Lipinski definition) is 4. The van der Waals surface area contributed by atoms with Gasteiger partial charge in [-0.15, -0.1) is 4.68 Å². The molecule has 5 rings (SSSR count). The van der Waals surface area contributed by atoms with E-state index in [4.69, 9.17) is 21.2 Å². The largest absolute Gasteiger partial charge is 0.330 e. The summed E-state index contributed by atoms with van der Waals surface area (Å²) in [5.74, 6) is 0. The Kier molecular flexibility index (Phi) is 8.54. The van der Waals surface area contributed by atoms with Crippen molar-refractivity contribution in [1.29, 1.82) is 0 Å². The van der Waals surface area contributed by atoms with E-state index in [1.54, 1.807) is 0 Å². The zero-order valence-electron chi connectivity index (χ0n) is 22.1. The predicted molar refractivity (Wildman–Crippen MR) is 145 cm³/mol. The van der Waals surface area contributed by atoms with Crippen LogP contribution in [0.4, 0.5) is 5.69 Å². The number of imidazole rings is 1. The Morgan fingerprint density at radius 2 is 1.79 bits per heavy atom. The molecule has 0 amide bonds. The zero-order chi connectivity index (χ0) is 26.5. The Hall–Kier alpha value is -2.64. The molecule has 0 radical (unpaired) electrons. The summed E-state index contributed by atoms with van der Waals surface area (Å²) in [7, 11) is 0. The Bertz CT molecular complexity index is 1180. The Balaban J connectivity index is 1.42. The third-order valence-electron chi connectivity index (χ3n) is 7.93. The maximum absolute atomic E-state index is 11.1. The molecule has 3 aromatic rings. The molecule has 2 aliphatic rings. The number of aryl methyl sites for hydroxylation is 2. The van der Waals surface area contributed by atoms with Gasteiger partial charge in [0.1, 0.15) is 25.8 Å². The molecule has 11 nitrogen and oxygen atoms in total. The highest BCUT2D eigenvalue weighted by atomic mass is 32.2. The number of benzene rings is 1. The van der Waals surface area contributed by atoms with Gasteiger partial charge in [0.2, 0.25) is 17.7 Å². The Morgan fingerprint density at radius 3 is 2.53 bits per heavy atom. The van der Waals surface area contributed by atoms with Crippen LogP contribution < -0.4 is 25.4 Å². The fraction of sp³-hybridized carbons (Fsp3) is 0.577. The highest BCUT2D eigenvalue weighted by molar-refractivity contribution is 7.80. The quantitative estimate of drug-likeness (QED) is 0.109. The van der Waals surface area contributed by atoms with E-state index in [9.17, 15) is 4.21 Å². The van der Waals surface area contributed by atoms with Crippen molar-refractivity contribution in [2.24, 2.45) is 11.5 Å².